The Labute approximate surface area is 82.4 Å². The molecule has 2 nitrogen and oxygen atoms in total. The van der Waals surface area contributed by atoms with Gasteiger partial charge in [0.25, 0.3) is 5.95 Å². The molecular formula is C10H20O2Si. The highest BCUT2D eigenvalue weighted by Gasteiger charge is 2.19. The zero-order chi connectivity index (χ0) is 10.5. The highest BCUT2D eigenvalue weighted by Crippen LogP contribution is 2.14. The Morgan fingerprint density at radius 1 is 1.31 bits per heavy atom. The lowest BCUT2D eigenvalue weighted by Crippen LogP contribution is -2.26. The van der Waals surface area contributed by atoms with Crippen LogP contribution in [0.4, 0.5) is 0 Å². The fourth-order valence-electron chi connectivity index (χ4n) is 0.689. The van der Waals surface area contributed by atoms with Crippen molar-refractivity contribution < 1.29 is 9.16 Å². The average Bonchev–Trinajstić information content (AvgIpc) is 1.95. The predicted octanol–water partition coefficient (Wildman–Crippen LogP) is 3.29. The van der Waals surface area contributed by atoms with Crippen molar-refractivity contribution in [3.8, 4) is 0 Å². The molecule has 0 aromatic heterocycles. The molecule has 0 fully saturated rings. The summed E-state index contributed by atoms with van der Waals surface area (Å²) in [6.07, 6.45) is 1.72. The average molecular weight is 200 g/mol. The molecule has 0 unspecified atom stereocenters. The molecule has 0 N–H and O–H groups in total. The van der Waals surface area contributed by atoms with Gasteiger partial charge in [-0.1, -0.05) is 12.7 Å². The van der Waals surface area contributed by atoms with Crippen molar-refractivity contribution in [2.45, 2.75) is 33.5 Å². The maximum absolute atomic E-state index is 5.75. The molecule has 3 heteroatoms. The Balaban J connectivity index is 4.29. The zero-order valence-electron chi connectivity index (χ0n) is 9.31. The van der Waals surface area contributed by atoms with Crippen LogP contribution < -0.4 is 0 Å². The van der Waals surface area contributed by atoms with Gasteiger partial charge in [0.2, 0.25) is 8.32 Å². The van der Waals surface area contributed by atoms with Gasteiger partial charge in [0, 0.05) is 5.57 Å². The third kappa shape index (κ3) is 6.46. The van der Waals surface area contributed by atoms with Crippen molar-refractivity contribution in [1.82, 2.24) is 0 Å². The molecule has 0 bridgehead atoms. The molecule has 0 heterocycles. The van der Waals surface area contributed by atoms with E-state index in [-0.39, 0.29) is 0 Å². The fourth-order valence-corrected chi connectivity index (χ4v) is 1.51. The molecule has 0 aromatic carbocycles. The maximum Gasteiger partial charge on any atom is 0.264 e. The first-order valence-corrected chi connectivity index (χ1v) is 7.88. The van der Waals surface area contributed by atoms with Crippen molar-refractivity contribution in [2.75, 3.05) is 6.61 Å². The molecule has 0 spiro atoms. The summed E-state index contributed by atoms with van der Waals surface area (Å²) in [4.78, 5) is 0. The number of ether oxygens (including phenoxy) is 1. The third-order valence-corrected chi connectivity index (χ3v) is 1.94. The molecule has 0 aliphatic carbocycles. The van der Waals surface area contributed by atoms with Gasteiger partial charge in [0.1, 0.15) is 6.61 Å². The Kier molecular flexibility index (Phi) is 4.84. The fraction of sp³-hybridized carbons (Fsp3) is 0.600. The molecule has 13 heavy (non-hydrogen) atoms. The molecule has 0 radical (unpaired) electrons. The first kappa shape index (κ1) is 12.3. The van der Waals surface area contributed by atoms with Crippen LogP contribution in [0.25, 0.3) is 0 Å². The smallest absolute Gasteiger partial charge is 0.264 e. The van der Waals surface area contributed by atoms with Crippen LogP contribution in [-0.2, 0) is 9.16 Å². The Morgan fingerprint density at radius 2 is 1.85 bits per heavy atom. The quantitative estimate of drug-likeness (QED) is 0.385. The van der Waals surface area contributed by atoms with Crippen LogP contribution in [0.2, 0.25) is 19.6 Å². The van der Waals surface area contributed by atoms with E-state index < -0.39 is 8.32 Å². The van der Waals surface area contributed by atoms with E-state index in [1.807, 2.05) is 13.8 Å². The standard InChI is InChI=1S/C10H20O2Si/c1-7-8-11-10(9(2)3)12-13(4,5)6/h7H,1,8H2,2-6H3. The third-order valence-electron chi connectivity index (χ3n) is 1.14. The van der Waals surface area contributed by atoms with Crippen molar-refractivity contribution in [3.63, 3.8) is 0 Å². The number of allylic oxidation sites excluding steroid dienone is 1. The summed E-state index contributed by atoms with van der Waals surface area (Å²) in [7, 11) is -1.55. The van der Waals surface area contributed by atoms with Gasteiger partial charge in [-0.25, -0.2) is 0 Å². The van der Waals surface area contributed by atoms with Gasteiger partial charge in [-0.15, -0.1) is 0 Å². The van der Waals surface area contributed by atoms with E-state index in [1.54, 1.807) is 6.08 Å². The lowest BCUT2D eigenvalue weighted by atomic mass is 10.4. The van der Waals surface area contributed by atoms with Gasteiger partial charge in [0.05, 0.1) is 0 Å². The minimum atomic E-state index is -1.55. The first-order chi connectivity index (χ1) is 5.87. The summed E-state index contributed by atoms with van der Waals surface area (Å²) in [5.74, 6) is 0.666. The largest absolute Gasteiger partial charge is 0.520 e. The van der Waals surface area contributed by atoms with Crippen LogP contribution in [0, 0.1) is 0 Å². The Hall–Kier alpha value is -0.703. The maximum atomic E-state index is 5.75. The SMILES string of the molecule is C=CCOC(O[Si](C)(C)C)=C(C)C. The molecule has 0 aromatic rings. The summed E-state index contributed by atoms with van der Waals surface area (Å²) in [6, 6.07) is 0. The van der Waals surface area contributed by atoms with E-state index in [9.17, 15) is 0 Å². The predicted molar refractivity (Wildman–Crippen MR) is 59.0 cm³/mol. The van der Waals surface area contributed by atoms with Crippen molar-refractivity contribution in [1.29, 1.82) is 0 Å². The summed E-state index contributed by atoms with van der Waals surface area (Å²) in [5, 5.41) is 0. The molecule has 0 saturated heterocycles. The van der Waals surface area contributed by atoms with E-state index >= 15 is 0 Å². The van der Waals surface area contributed by atoms with Crippen LogP contribution >= 0.6 is 0 Å². The topological polar surface area (TPSA) is 18.5 Å². The molecule has 76 valence electrons. The van der Waals surface area contributed by atoms with Crippen LogP contribution in [0.15, 0.2) is 24.2 Å². The normalized spacial score (nSPS) is 10.5. The van der Waals surface area contributed by atoms with Gasteiger partial charge in [-0.2, -0.15) is 0 Å². The number of hydrogen-bond donors (Lipinski definition) is 0. The summed E-state index contributed by atoms with van der Waals surface area (Å²) >= 11 is 0. The first-order valence-electron chi connectivity index (χ1n) is 4.47. The van der Waals surface area contributed by atoms with Crippen LogP contribution in [0.5, 0.6) is 0 Å². The van der Waals surface area contributed by atoms with Crippen molar-refractivity contribution >= 4 is 8.32 Å². The second kappa shape index (κ2) is 5.12. The van der Waals surface area contributed by atoms with E-state index in [4.69, 9.17) is 9.16 Å². The molecular weight excluding hydrogens is 180 g/mol. The van der Waals surface area contributed by atoms with Gasteiger partial charge in [0.15, 0.2) is 0 Å². The highest BCUT2D eigenvalue weighted by molar-refractivity contribution is 6.70. The van der Waals surface area contributed by atoms with Crippen LogP contribution in [0.3, 0.4) is 0 Å². The molecule has 0 amide bonds. The highest BCUT2D eigenvalue weighted by atomic mass is 28.4. The molecule has 0 rings (SSSR count). The second-order valence-electron chi connectivity index (χ2n) is 4.10. The van der Waals surface area contributed by atoms with E-state index in [0.717, 1.165) is 5.57 Å². The lowest BCUT2D eigenvalue weighted by molar-refractivity contribution is 0.118. The van der Waals surface area contributed by atoms with Crippen molar-refractivity contribution in [2.24, 2.45) is 0 Å². The van der Waals surface area contributed by atoms with Gasteiger partial charge in [-0.05, 0) is 33.5 Å². The monoisotopic (exact) mass is 200 g/mol. The minimum Gasteiger partial charge on any atom is -0.520 e. The van der Waals surface area contributed by atoms with Crippen molar-refractivity contribution in [3.05, 3.63) is 24.2 Å². The van der Waals surface area contributed by atoms with E-state index in [0.29, 0.717) is 12.6 Å². The molecule has 0 aliphatic rings. The molecule has 0 atom stereocenters. The van der Waals surface area contributed by atoms with Gasteiger partial charge < -0.3 is 9.16 Å². The zero-order valence-corrected chi connectivity index (χ0v) is 10.3. The van der Waals surface area contributed by atoms with E-state index in [1.165, 1.54) is 0 Å². The number of rotatable bonds is 5. The summed E-state index contributed by atoms with van der Waals surface area (Å²) in [5.41, 5.74) is 1.07. The van der Waals surface area contributed by atoms with Crippen LogP contribution in [-0.4, -0.2) is 14.9 Å². The van der Waals surface area contributed by atoms with Crippen LogP contribution in [0.1, 0.15) is 13.8 Å². The second-order valence-corrected chi connectivity index (χ2v) is 8.53. The minimum absolute atomic E-state index is 0.505. The summed E-state index contributed by atoms with van der Waals surface area (Å²) < 4.78 is 11.2. The molecule has 0 aliphatic heterocycles. The lowest BCUT2D eigenvalue weighted by Gasteiger charge is -2.22. The number of hydrogen-bond acceptors (Lipinski definition) is 2. The van der Waals surface area contributed by atoms with Gasteiger partial charge >= 0.3 is 0 Å². The van der Waals surface area contributed by atoms with Gasteiger partial charge in [-0.3, -0.25) is 0 Å². The Morgan fingerprint density at radius 3 is 2.15 bits per heavy atom. The van der Waals surface area contributed by atoms with E-state index in [2.05, 4.69) is 26.2 Å². The summed E-state index contributed by atoms with van der Waals surface area (Å²) in [6.45, 7) is 14.5. The Bertz CT molecular complexity index is 197. The molecule has 0 saturated carbocycles.